The molecule has 0 bridgehead atoms. The average molecular weight is 268 g/mol. The van der Waals surface area contributed by atoms with Crippen LogP contribution in [0.2, 0.25) is 0 Å². The van der Waals surface area contributed by atoms with E-state index in [4.69, 9.17) is 0 Å². The van der Waals surface area contributed by atoms with Crippen LogP contribution in [0.15, 0.2) is 24.3 Å². The molecule has 1 aromatic heterocycles. The number of nitrogens with zero attached hydrogens (tertiary/aromatic N) is 1. The molecule has 1 aromatic carbocycles. The number of nitrogens with one attached hydrogen (secondary N) is 1. The van der Waals surface area contributed by atoms with Crippen molar-refractivity contribution in [1.29, 1.82) is 0 Å². The van der Waals surface area contributed by atoms with Gasteiger partial charge in [0.1, 0.15) is 0 Å². The van der Waals surface area contributed by atoms with Crippen LogP contribution in [0.25, 0.3) is 10.9 Å². The van der Waals surface area contributed by atoms with Crippen LogP contribution in [0.1, 0.15) is 35.8 Å². The quantitative estimate of drug-likeness (QED) is 0.863. The Morgan fingerprint density at radius 3 is 3.00 bits per heavy atom. The minimum absolute atomic E-state index is 0.0129. The number of aromatic amines is 1. The zero-order chi connectivity index (χ0) is 13.9. The first kappa shape index (κ1) is 12.2. The van der Waals surface area contributed by atoms with Crippen LogP contribution >= 0.6 is 0 Å². The van der Waals surface area contributed by atoms with Crippen molar-refractivity contribution in [2.24, 2.45) is 5.92 Å². The number of likely N-dealkylation sites (N-methyl/N-ethyl adjacent to an activating group) is 1. The van der Waals surface area contributed by atoms with E-state index in [1.165, 1.54) is 10.9 Å². The summed E-state index contributed by atoms with van der Waals surface area (Å²) in [5.74, 6) is 0.515. The fourth-order valence-corrected chi connectivity index (χ4v) is 4.49. The van der Waals surface area contributed by atoms with Crippen molar-refractivity contribution >= 4 is 16.7 Å². The molecule has 3 nitrogen and oxygen atoms in total. The number of carbonyl (C=O) groups is 1. The van der Waals surface area contributed by atoms with E-state index in [0.717, 1.165) is 37.1 Å². The Hall–Kier alpha value is -1.61. The SMILES string of the molecule is CC[C@@]12CN(C)CC[C@@H]1C(=O)c1[nH]c3ccccc3c12. The molecule has 0 saturated carbocycles. The normalized spacial score (nSPS) is 29.7. The monoisotopic (exact) mass is 268 g/mol. The average Bonchev–Trinajstić information content (AvgIpc) is 2.95. The number of Topliss-reactive ketones (excluding diaryl/α,β-unsaturated/α-hetero) is 1. The smallest absolute Gasteiger partial charge is 0.183 e. The van der Waals surface area contributed by atoms with Gasteiger partial charge in [0.15, 0.2) is 5.78 Å². The van der Waals surface area contributed by atoms with Gasteiger partial charge in [0.05, 0.1) is 5.69 Å². The van der Waals surface area contributed by atoms with Crippen LogP contribution in [0.3, 0.4) is 0 Å². The third-order valence-electron chi connectivity index (χ3n) is 5.42. The van der Waals surface area contributed by atoms with Gasteiger partial charge in [-0.2, -0.15) is 0 Å². The zero-order valence-electron chi connectivity index (χ0n) is 12.1. The molecule has 2 atom stereocenters. The first-order valence-electron chi connectivity index (χ1n) is 7.51. The summed E-state index contributed by atoms with van der Waals surface area (Å²) >= 11 is 0. The number of likely N-dealkylation sites (tertiary alicyclic amines) is 1. The zero-order valence-corrected chi connectivity index (χ0v) is 12.1. The molecule has 0 amide bonds. The molecule has 0 unspecified atom stereocenters. The molecular weight excluding hydrogens is 248 g/mol. The number of para-hydroxylation sites is 1. The van der Waals surface area contributed by atoms with Crippen molar-refractivity contribution in [3.8, 4) is 0 Å². The number of fused-ring (bicyclic) bond motifs is 5. The number of aromatic nitrogens is 1. The summed E-state index contributed by atoms with van der Waals surface area (Å²) in [6.45, 7) is 4.26. The van der Waals surface area contributed by atoms with Crippen LogP contribution < -0.4 is 0 Å². The van der Waals surface area contributed by atoms with Gasteiger partial charge in [-0.05, 0) is 38.1 Å². The molecule has 1 aliphatic carbocycles. The second-order valence-corrected chi connectivity index (χ2v) is 6.37. The van der Waals surface area contributed by atoms with Gasteiger partial charge in [-0.25, -0.2) is 0 Å². The van der Waals surface area contributed by atoms with Gasteiger partial charge >= 0.3 is 0 Å². The van der Waals surface area contributed by atoms with E-state index in [0.29, 0.717) is 5.78 Å². The van der Waals surface area contributed by atoms with E-state index in [2.05, 4.69) is 42.1 Å². The molecule has 20 heavy (non-hydrogen) atoms. The number of H-pyrrole nitrogens is 1. The maximum Gasteiger partial charge on any atom is 0.183 e. The molecule has 2 aliphatic rings. The summed E-state index contributed by atoms with van der Waals surface area (Å²) in [6, 6.07) is 8.34. The number of piperidine rings is 1. The van der Waals surface area contributed by atoms with Crippen LogP contribution in [-0.4, -0.2) is 35.8 Å². The molecule has 0 spiro atoms. The summed E-state index contributed by atoms with van der Waals surface area (Å²) in [5.41, 5.74) is 3.29. The standard InChI is InChI=1S/C17H20N2O/c1-3-17-10-19(2)9-8-12(17)16(20)15-14(17)11-6-4-5-7-13(11)18-15/h4-7,12,18H,3,8-10H2,1-2H3/t12-,17-/m1/s1. The molecular formula is C17H20N2O. The van der Waals surface area contributed by atoms with Gasteiger partial charge in [0.25, 0.3) is 0 Å². The van der Waals surface area contributed by atoms with Gasteiger partial charge in [-0.1, -0.05) is 25.1 Å². The van der Waals surface area contributed by atoms with E-state index in [1.54, 1.807) is 0 Å². The number of benzene rings is 1. The third-order valence-corrected chi connectivity index (χ3v) is 5.42. The first-order chi connectivity index (χ1) is 9.67. The van der Waals surface area contributed by atoms with Crippen molar-refractivity contribution in [1.82, 2.24) is 9.88 Å². The summed E-state index contributed by atoms with van der Waals surface area (Å²) in [4.78, 5) is 18.6. The van der Waals surface area contributed by atoms with Crippen molar-refractivity contribution in [3.05, 3.63) is 35.5 Å². The Kier molecular flexibility index (Phi) is 2.40. The van der Waals surface area contributed by atoms with Crippen LogP contribution in [0, 0.1) is 5.92 Å². The summed E-state index contributed by atoms with van der Waals surface area (Å²) < 4.78 is 0. The minimum Gasteiger partial charge on any atom is -0.352 e. The van der Waals surface area contributed by atoms with Crippen molar-refractivity contribution < 1.29 is 4.79 Å². The van der Waals surface area contributed by atoms with Crippen molar-refractivity contribution in [3.63, 3.8) is 0 Å². The summed E-state index contributed by atoms with van der Waals surface area (Å²) in [5, 5.41) is 1.25. The molecule has 3 heteroatoms. The Balaban J connectivity index is 2.03. The molecule has 1 fully saturated rings. The molecule has 1 N–H and O–H groups in total. The number of hydrogen-bond acceptors (Lipinski definition) is 2. The summed E-state index contributed by atoms with van der Waals surface area (Å²) in [6.07, 6.45) is 2.02. The highest BCUT2D eigenvalue weighted by atomic mass is 16.1. The van der Waals surface area contributed by atoms with Crippen LogP contribution in [0.5, 0.6) is 0 Å². The van der Waals surface area contributed by atoms with Crippen molar-refractivity contribution in [2.75, 3.05) is 20.1 Å². The van der Waals surface area contributed by atoms with Crippen molar-refractivity contribution in [2.45, 2.75) is 25.2 Å². The van der Waals surface area contributed by atoms with E-state index >= 15 is 0 Å². The lowest BCUT2D eigenvalue weighted by atomic mass is 9.68. The number of rotatable bonds is 1. The third kappa shape index (κ3) is 1.31. The predicted octanol–water partition coefficient (Wildman–Crippen LogP) is 2.96. The van der Waals surface area contributed by atoms with E-state index in [9.17, 15) is 4.79 Å². The topological polar surface area (TPSA) is 36.1 Å². The van der Waals surface area contributed by atoms with Gasteiger partial charge in [-0.3, -0.25) is 4.79 Å². The number of ketones is 1. The fraction of sp³-hybridized carbons (Fsp3) is 0.471. The number of hydrogen-bond donors (Lipinski definition) is 1. The molecule has 4 rings (SSSR count). The van der Waals surface area contributed by atoms with E-state index in [-0.39, 0.29) is 11.3 Å². The Morgan fingerprint density at radius 1 is 1.40 bits per heavy atom. The van der Waals surface area contributed by atoms with E-state index in [1.807, 2.05) is 6.07 Å². The van der Waals surface area contributed by atoms with Gasteiger partial charge < -0.3 is 9.88 Å². The Bertz CT molecular complexity index is 702. The van der Waals surface area contributed by atoms with Gasteiger partial charge in [0.2, 0.25) is 0 Å². The van der Waals surface area contributed by atoms with Gasteiger partial charge in [0, 0.05) is 28.8 Å². The minimum atomic E-state index is 0.0129. The fourth-order valence-electron chi connectivity index (χ4n) is 4.49. The summed E-state index contributed by atoms with van der Waals surface area (Å²) in [7, 11) is 2.17. The molecule has 1 aliphatic heterocycles. The first-order valence-corrected chi connectivity index (χ1v) is 7.51. The van der Waals surface area contributed by atoms with Gasteiger partial charge in [-0.15, -0.1) is 0 Å². The van der Waals surface area contributed by atoms with E-state index < -0.39 is 0 Å². The molecule has 104 valence electrons. The molecule has 0 radical (unpaired) electrons. The largest absolute Gasteiger partial charge is 0.352 e. The van der Waals surface area contributed by atoms with Crippen LogP contribution in [0.4, 0.5) is 0 Å². The second kappa shape index (κ2) is 3.95. The molecule has 1 saturated heterocycles. The Labute approximate surface area is 119 Å². The molecule has 2 heterocycles. The number of carbonyl (C=O) groups excluding carboxylic acids is 1. The van der Waals surface area contributed by atoms with Crippen LogP contribution in [-0.2, 0) is 5.41 Å². The maximum absolute atomic E-state index is 12.8. The highest BCUT2D eigenvalue weighted by Gasteiger charge is 2.54. The maximum atomic E-state index is 12.8. The lowest BCUT2D eigenvalue weighted by Crippen LogP contribution is -2.49. The predicted molar refractivity (Wildman–Crippen MR) is 80.2 cm³/mol. The molecule has 2 aromatic rings. The lowest BCUT2D eigenvalue weighted by molar-refractivity contribution is 0.0716. The lowest BCUT2D eigenvalue weighted by Gasteiger charge is -2.43. The Morgan fingerprint density at radius 2 is 2.20 bits per heavy atom. The highest BCUT2D eigenvalue weighted by molar-refractivity contribution is 6.09. The highest BCUT2D eigenvalue weighted by Crippen LogP contribution is 2.52. The second-order valence-electron chi connectivity index (χ2n) is 6.37.